The second-order valence-corrected chi connectivity index (χ2v) is 8.03. The smallest absolute Gasteiger partial charge is 0.191 e. The Bertz CT molecular complexity index is 1140. The number of aromatic nitrogens is 5. The van der Waals surface area contributed by atoms with Gasteiger partial charge in [-0.2, -0.15) is 5.10 Å². The standard InChI is InChI=1S/C21H20ClN7S/c1-2-12-30-21-24-19(27-23-13-15-8-10-17(22)11-9-15)18-20(25-21)29(28-26-18)14-16-6-4-3-5-7-16/h3-11,13H,2,12,14H2,1H3,(H,24,25,27)/b23-13+. The van der Waals surface area contributed by atoms with Crippen molar-refractivity contribution in [1.82, 2.24) is 25.0 Å². The summed E-state index contributed by atoms with van der Waals surface area (Å²) in [5.74, 6) is 1.46. The quantitative estimate of drug-likeness (QED) is 0.183. The second kappa shape index (κ2) is 9.69. The van der Waals surface area contributed by atoms with Gasteiger partial charge in [0.05, 0.1) is 12.8 Å². The van der Waals surface area contributed by atoms with E-state index in [1.807, 2.05) is 42.5 Å². The van der Waals surface area contributed by atoms with E-state index in [1.165, 1.54) is 0 Å². The molecule has 0 amide bonds. The minimum Gasteiger partial charge on any atom is -0.259 e. The molecule has 0 radical (unpaired) electrons. The zero-order valence-electron chi connectivity index (χ0n) is 16.4. The molecule has 0 saturated carbocycles. The summed E-state index contributed by atoms with van der Waals surface area (Å²) in [4.78, 5) is 9.28. The molecule has 4 aromatic rings. The highest BCUT2D eigenvalue weighted by molar-refractivity contribution is 7.99. The Kier molecular flexibility index (Phi) is 6.56. The molecule has 30 heavy (non-hydrogen) atoms. The van der Waals surface area contributed by atoms with Crippen LogP contribution in [0.15, 0.2) is 64.9 Å². The largest absolute Gasteiger partial charge is 0.259 e. The van der Waals surface area contributed by atoms with Crippen LogP contribution in [0.5, 0.6) is 0 Å². The van der Waals surface area contributed by atoms with E-state index in [-0.39, 0.29) is 0 Å². The summed E-state index contributed by atoms with van der Waals surface area (Å²) in [7, 11) is 0. The van der Waals surface area contributed by atoms with Crippen LogP contribution in [0.25, 0.3) is 11.2 Å². The number of halogens is 1. The lowest BCUT2D eigenvalue weighted by Gasteiger charge is -2.06. The lowest BCUT2D eigenvalue weighted by Crippen LogP contribution is -2.04. The van der Waals surface area contributed by atoms with Crippen LogP contribution in [-0.4, -0.2) is 36.9 Å². The molecule has 0 atom stereocenters. The van der Waals surface area contributed by atoms with Crippen molar-refractivity contribution >= 4 is 46.6 Å². The Labute approximate surface area is 183 Å². The summed E-state index contributed by atoms with van der Waals surface area (Å²) in [5.41, 5.74) is 6.31. The molecule has 2 aromatic carbocycles. The Morgan fingerprint density at radius 1 is 1.10 bits per heavy atom. The van der Waals surface area contributed by atoms with Crippen molar-refractivity contribution in [3.63, 3.8) is 0 Å². The average Bonchev–Trinajstić information content (AvgIpc) is 3.17. The summed E-state index contributed by atoms with van der Waals surface area (Å²) >= 11 is 7.53. The van der Waals surface area contributed by atoms with Crippen LogP contribution >= 0.6 is 23.4 Å². The van der Waals surface area contributed by atoms with Crippen LogP contribution in [0.3, 0.4) is 0 Å². The number of anilines is 1. The maximum atomic E-state index is 5.93. The minimum atomic E-state index is 0.531. The lowest BCUT2D eigenvalue weighted by molar-refractivity contribution is 0.661. The van der Waals surface area contributed by atoms with Crippen molar-refractivity contribution in [3.8, 4) is 0 Å². The van der Waals surface area contributed by atoms with Crippen LogP contribution in [0.1, 0.15) is 24.5 Å². The zero-order valence-corrected chi connectivity index (χ0v) is 17.9. The van der Waals surface area contributed by atoms with E-state index >= 15 is 0 Å². The van der Waals surface area contributed by atoms with Gasteiger partial charge in [-0.1, -0.05) is 78.0 Å². The minimum absolute atomic E-state index is 0.531. The third kappa shape index (κ3) is 4.95. The van der Waals surface area contributed by atoms with Gasteiger partial charge >= 0.3 is 0 Å². The molecule has 0 aliphatic rings. The number of hydrogen-bond acceptors (Lipinski definition) is 7. The van der Waals surface area contributed by atoms with Gasteiger partial charge in [0.2, 0.25) is 0 Å². The van der Waals surface area contributed by atoms with Crippen molar-refractivity contribution < 1.29 is 0 Å². The number of thioether (sulfide) groups is 1. The molecule has 0 fully saturated rings. The van der Waals surface area contributed by atoms with E-state index in [0.717, 1.165) is 23.3 Å². The fraction of sp³-hybridized carbons (Fsp3) is 0.190. The number of nitrogens with zero attached hydrogens (tertiary/aromatic N) is 6. The highest BCUT2D eigenvalue weighted by Gasteiger charge is 2.15. The molecule has 152 valence electrons. The second-order valence-electron chi connectivity index (χ2n) is 6.53. The van der Waals surface area contributed by atoms with Gasteiger partial charge < -0.3 is 0 Å². The van der Waals surface area contributed by atoms with Crippen molar-refractivity contribution in [2.24, 2.45) is 5.10 Å². The van der Waals surface area contributed by atoms with Crippen molar-refractivity contribution in [2.45, 2.75) is 25.0 Å². The summed E-state index contributed by atoms with van der Waals surface area (Å²) in [6.07, 6.45) is 2.74. The first kappa shape index (κ1) is 20.3. The molecule has 2 heterocycles. The number of rotatable bonds is 8. The highest BCUT2D eigenvalue weighted by Crippen LogP contribution is 2.23. The van der Waals surface area contributed by atoms with Crippen LogP contribution in [0, 0.1) is 0 Å². The molecule has 2 aromatic heterocycles. The van der Waals surface area contributed by atoms with Gasteiger partial charge in [-0.15, -0.1) is 5.10 Å². The number of benzene rings is 2. The van der Waals surface area contributed by atoms with E-state index in [4.69, 9.17) is 11.6 Å². The summed E-state index contributed by atoms with van der Waals surface area (Å²) in [5, 5.41) is 14.3. The van der Waals surface area contributed by atoms with Gasteiger partial charge in [-0.05, 0) is 29.7 Å². The number of hydrogen-bond donors (Lipinski definition) is 1. The molecular weight excluding hydrogens is 418 g/mol. The van der Waals surface area contributed by atoms with Gasteiger partial charge in [-0.3, -0.25) is 5.43 Å². The van der Waals surface area contributed by atoms with E-state index in [0.29, 0.717) is 33.7 Å². The number of fused-ring (bicyclic) bond motifs is 1. The molecule has 0 aliphatic heterocycles. The predicted octanol–water partition coefficient (Wildman–Crippen LogP) is 4.87. The van der Waals surface area contributed by atoms with Crippen LogP contribution in [0.2, 0.25) is 5.02 Å². The van der Waals surface area contributed by atoms with Gasteiger partial charge in [0.15, 0.2) is 22.1 Å². The Hall–Kier alpha value is -2.97. The van der Waals surface area contributed by atoms with Crippen LogP contribution in [-0.2, 0) is 6.54 Å². The third-order valence-corrected chi connectivity index (χ3v) is 5.51. The normalized spacial score (nSPS) is 11.4. The number of hydrazone groups is 1. The molecule has 0 bridgehead atoms. The molecule has 9 heteroatoms. The van der Waals surface area contributed by atoms with E-state index in [1.54, 1.807) is 22.7 Å². The molecular formula is C21H20ClN7S. The Morgan fingerprint density at radius 2 is 1.90 bits per heavy atom. The molecule has 0 aliphatic carbocycles. The molecule has 0 saturated heterocycles. The number of nitrogens with one attached hydrogen (secondary N) is 1. The molecule has 4 rings (SSSR count). The van der Waals surface area contributed by atoms with E-state index in [9.17, 15) is 0 Å². The van der Waals surface area contributed by atoms with Crippen molar-refractivity contribution in [2.75, 3.05) is 11.2 Å². The zero-order chi connectivity index (χ0) is 20.8. The fourth-order valence-corrected chi connectivity index (χ4v) is 3.57. The fourth-order valence-electron chi connectivity index (χ4n) is 2.75. The van der Waals surface area contributed by atoms with Gasteiger partial charge in [0.1, 0.15) is 0 Å². The van der Waals surface area contributed by atoms with Crippen LogP contribution < -0.4 is 5.43 Å². The first-order valence-corrected chi connectivity index (χ1v) is 10.9. The topological polar surface area (TPSA) is 80.9 Å². The molecule has 1 N–H and O–H groups in total. The molecule has 0 spiro atoms. The van der Waals surface area contributed by atoms with Gasteiger partial charge in [0, 0.05) is 10.8 Å². The first-order chi connectivity index (χ1) is 14.7. The maximum absolute atomic E-state index is 5.93. The average molecular weight is 438 g/mol. The van der Waals surface area contributed by atoms with Crippen molar-refractivity contribution in [1.29, 1.82) is 0 Å². The van der Waals surface area contributed by atoms with Crippen LogP contribution in [0.4, 0.5) is 5.82 Å². The summed E-state index contributed by atoms with van der Waals surface area (Å²) < 4.78 is 1.79. The first-order valence-electron chi connectivity index (χ1n) is 9.55. The third-order valence-electron chi connectivity index (χ3n) is 4.21. The highest BCUT2D eigenvalue weighted by atomic mass is 35.5. The van der Waals surface area contributed by atoms with Crippen molar-refractivity contribution in [3.05, 3.63) is 70.7 Å². The maximum Gasteiger partial charge on any atom is 0.191 e. The predicted molar refractivity (Wildman–Crippen MR) is 122 cm³/mol. The monoisotopic (exact) mass is 437 g/mol. The van der Waals surface area contributed by atoms with E-state index in [2.05, 4.69) is 49.9 Å². The van der Waals surface area contributed by atoms with Gasteiger partial charge in [-0.25, -0.2) is 14.6 Å². The Morgan fingerprint density at radius 3 is 2.67 bits per heavy atom. The SMILES string of the molecule is CCCSc1nc(N/N=C/c2ccc(Cl)cc2)c2nnn(Cc3ccccc3)c2n1. The Balaban J connectivity index is 1.64. The summed E-state index contributed by atoms with van der Waals surface area (Å²) in [6, 6.07) is 17.5. The molecule has 7 nitrogen and oxygen atoms in total. The molecule has 0 unspecified atom stereocenters. The van der Waals surface area contributed by atoms with Gasteiger partial charge in [0.25, 0.3) is 0 Å². The lowest BCUT2D eigenvalue weighted by atomic mass is 10.2. The van der Waals surface area contributed by atoms with E-state index < -0.39 is 0 Å². The summed E-state index contributed by atoms with van der Waals surface area (Å²) in [6.45, 7) is 2.71.